The number of rotatable bonds is 7. The molecule has 0 unspecified atom stereocenters. The van der Waals surface area contributed by atoms with Gasteiger partial charge in [0.2, 0.25) is 5.89 Å². The van der Waals surface area contributed by atoms with Gasteiger partial charge < -0.3 is 9.15 Å². The van der Waals surface area contributed by atoms with Gasteiger partial charge in [0.15, 0.2) is 0 Å². The summed E-state index contributed by atoms with van der Waals surface area (Å²) in [5.74, 6) is 1.41. The topological polar surface area (TPSA) is 61.0 Å². The third kappa shape index (κ3) is 4.78. The minimum atomic E-state index is -0.287. The van der Waals surface area contributed by atoms with Gasteiger partial charge in [-0.3, -0.25) is 0 Å². The molecule has 2 aromatic carbocycles. The number of thiazole rings is 1. The molecule has 0 fully saturated rings. The Labute approximate surface area is 177 Å². The zero-order valence-corrected chi connectivity index (χ0v) is 17.6. The lowest BCUT2D eigenvalue weighted by Gasteiger charge is -2.03. The van der Waals surface area contributed by atoms with Crippen LogP contribution in [-0.2, 0) is 12.4 Å². The van der Waals surface area contributed by atoms with E-state index in [0.717, 1.165) is 20.7 Å². The van der Waals surface area contributed by atoms with E-state index in [1.807, 2.05) is 29.6 Å². The van der Waals surface area contributed by atoms with Gasteiger partial charge in [-0.1, -0.05) is 23.9 Å². The highest BCUT2D eigenvalue weighted by molar-refractivity contribution is 9.10. The number of ether oxygens (including phenoxy) is 1. The summed E-state index contributed by atoms with van der Waals surface area (Å²) in [6.07, 6.45) is 0. The van der Waals surface area contributed by atoms with Crippen LogP contribution in [0.15, 0.2) is 68.0 Å². The van der Waals surface area contributed by atoms with Gasteiger partial charge in [0.25, 0.3) is 5.22 Å². The molecule has 142 valence electrons. The SMILES string of the molecule is Fc1ccc(OCc2nc(CSc3nnc(-c4ccccc4Br)o3)cs2)cc1. The average Bonchev–Trinajstić information content (AvgIpc) is 3.36. The van der Waals surface area contributed by atoms with Crippen molar-refractivity contribution in [2.45, 2.75) is 17.6 Å². The second-order valence-electron chi connectivity index (χ2n) is 5.62. The third-order valence-electron chi connectivity index (χ3n) is 3.63. The van der Waals surface area contributed by atoms with Crippen LogP contribution in [0.1, 0.15) is 10.7 Å². The van der Waals surface area contributed by atoms with Gasteiger partial charge >= 0.3 is 0 Å². The maximum Gasteiger partial charge on any atom is 0.277 e. The Kier molecular flexibility index (Phi) is 6.04. The smallest absolute Gasteiger partial charge is 0.277 e. The second-order valence-corrected chi connectivity index (χ2v) is 8.34. The molecule has 0 spiro atoms. The van der Waals surface area contributed by atoms with Crippen LogP contribution in [0.2, 0.25) is 0 Å². The van der Waals surface area contributed by atoms with Crippen LogP contribution in [0.3, 0.4) is 0 Å². The van der Waals surface area contributed by atoms with Crippen molar-refractivity contribution in [1.82, 2.24) is 15.2 Å². The molecule has 2 heterocycles. The van der Waals surface area contributed by atoms with Gasteiger partial charge in [0.05, 0.1) is 11.3 Å². The predicted octanol–water partition coefficient (Wildman–Crippen LogP) is 5.97. The van der Waals surface area contributed by atoms with E-state index in [9.17, 15) is 4.39 Å². The molecule has 0 aliphatic carbocycles. The molecule has 4 aromatic rings. The van der Waals surface area contributed by atoms with Gasteiger partial charge in [-0.15, -0.1) is 21.5 Å². The Hall–Kier alpha value is -2.23. The van der Waals surface area contributed by atoms with Crippen LogP contribution in [0, 0.1) is 5.82 Å². The highest BCUT2D eigenvalue weighted by Crippen LogP contribution is 2.30. The Morgan fingerprint density at radius 3 is 2.75 bits per heavy atom. The molecule has 0 aliphatic rings. The summed E-state index contributed by atoms with van der Waals surface area (Å²) in [6, 6.07) is 13.6. The Balaban J connectivity index is 1.32. The summed E-state index contributed by atoms with van der Waals surface area (Å²) < 4.78 is 25.2. The Morgan fingerprint density at radius 2 is 1.93 bits per heavy atom. The van der Waals surface area contributed by atoms with Crippen LogP contribution in [0.4, 0.5) is 4.39 Å². The summed E-state index contributed by atoms with van der Waals surface area (Å²) in [5, 5.41) is 11.5. The molecule has 5 nitrogen and oxygen atoms in total. The number of nitrogens with zero attached hydrogens (tertiary/aromatic N) is 3. The number of benzene rings is 2. The van der Waals surface area contributed by atoms with E-state index in [4.69, 9.17) is 9.15 Å². The summed E-state index contributed by atoms with van der Waals surface area (Å²) in [4.78, 5) is 4.54. The standard InChI is InChI=1S/C19H13BrFN3O2S2/c20-16-4-2-1-3-15(16)18-23-24-19(26-18)28-11-13-10-27-17(22-13)9-25-14-7-5-12(21)6-8-14/h1-8,10H,9,11H2. The first-order chi connectivity index (χ1) is 13.7. The van der Waals surface area contributed by atoms with Crippen molar-refractivity contribution in [3.05, 3.63) is 74.9 Å². The number of thioether (sulfide) groups is 1. The van der Waals surface area contributed by atoms with E-state index in [1.165, 1.54) is 35.2 Å². The van der Waals surface area contributed by atoms with E-state index in [-0.39, 0.29) is 5.82 Å². The largest absolute Gasteiger partial charge is 0.486 e. The highest BCUT2D eigenvalue weighted by atomic mass is 79.9. The van der Waals surface area contributed by atoms with Crippen molar-refractivity contribution >= 4 is 39.0 Å². The van der Waals surface area contributed by atoms with Crippen molar-refractivity contribution in [3.8, 4) is 17.2 Å². The lowest BCUT2D eigenvalue weighted by Crippen LogP contribution is -1.95. The fourth-order valence-corrected chi connectivity index (χ4v) is 4.23. The minimum absolute atomic E-state index is 0.287. The summed E-state index contributed by atoms with van der Waals surface area (Å²) in [6.45, 7) is 0.341. The fourth-order valence-electron chi connectivity index (χ4n) is 2.30. The monoisotopic (exact) mass is 477 g/mol. The van der Waals surface area contributed by atoms with Crippen molar-refractivity contribution < 1.29 is 13.5 Å². The minimum Gasteiger partial charge on any atom is -0.486 e. The van der Waals surface area contributed by atoms with Gasteiger partial charge in [-0.05, 0) is 52.3 Å². The normalized spacial score (nSPS) is 10.9. The number of aromatic nitrogens is 3. The van der Waals surface area contributed by atoms with Crippen LogP contribution in [0.25, 0.3) is 11.5 Å². The quantitative estimate of drug-likeness (QED) is 0.305. The van der Waals surface area contributed by atoms with Crippen molar-refractivity contribution in [1.29, 1.82) is 0 Å². The van der Waals surface area contributed by atoms with E-state index in [1.54, 1.807) is 12.1 Å². The lowest BCUT2D eigenvalue weighted by molar-refractivity contribution is 0.305. The molecule has 9 heteroatoms. The Morgan fingerprint density at radius 1 is 1.11 bits per heavy atom. The summed E-state index contributed by atoms with van der Waals surface area (Å²) in [7, 11) is 0. The van der Waals surface area contributed by atoms with Crippen molar-refractivity contribution in [3.63, 3.8) is 0 Å². The first kappa shape index (κ1) is 19.1. The van der Waals surface area contributed by atoms with Crippen molar-refractivity contribution in [2.24, 2.45) is 0 Å². The van der Waals surface area contributed by atoms with E-state index >= 15 is 0 Å². The zero-order valence-electron chi connectivity index (χ0n) is 14.3. The molecule has 4 rings (SSSR count). The molecule has 0 radical (unpaired) electrons. The lowest BCUT2D eigenvalue weighted by atomic mass is 10.2. The van der Waals surface area contributed by atoms with E-state index in [0.29, 0.717) is 29.2 Å². The molecule has 0 aliphatic heterocycles. The molecule has 0 atom stereocenters. The number of halogens is 2. The molecular weight excluding hydrogens is 465 g/mol. The second kappa shape index (κ2) is 8.85. The van der Waals surface area contributed by atoms with Crippen LogP contribution in [0.5, 0.6) is 5.75 Å². The van der Waals surface area contributed by atoms with Gasteiger partial charge in [0, 0.05) is 15.6 Å². The summed E-state index contributed by atoms with van der Waals surface area (Å²) >= 11 is 6.43. The van der Waals surface area contributed by atoms with Crippen LogP contribution >= 0.6 is 39.0 Å². The molecule has 0 amide bonds. The average molecular weight is 478 g/mol. The van der Waals surface area contributed by atoms with E-state index in [2.05, 4.69) is 31.1 Å². The van der Waals surface area contributed by atoms with Gasteiger partial charge in [0.1, 0.15) is 23.2 Å². The van der Waals surface area contributed by atoms with E-state index < -0.39 is 0 Å². The fraction of sp³-hybridized carbons (Fsp3) is 0.105. The molecular formula is C19H13BrFN3O2S2. The molecule has 0 saturated carbocycles. The molecule has 0 N–H and O–H groups in total. The first-order valence-corrected chi connectivity index (χ1v) is 10.9. The molecule has 0 bridgehead atoms. The van der Waals surface area contributed by atoms with Crippen LogP contribution < -0.4 is 4.74 Å². The van der Waals surface area contributed by atoms with Crippen LogP contribution in [-0.4, -0.2) is 15.2 Å². The van der Waals surface area contributed by atoms with Gasteiger partial charge in [-0.25, -0.2) is 9.37 Å². The molecule has 28 heavy (non-hydrogen) atoms. The number of hydrogen-bond acceptors (Lipinski definition) is 7. The predicted molar refractivity (Wildman–Crippen MR) is 110 cm³/mol. The maximum atomic E-state index is 12.9. The number of hydrogen-bond donors (Lipinski definition) is 0. The summed E-state index contributed by atoms with van der Waals surface area (Å²) in [5.41, 5.74) is 1.77. The molecule has 2 aromatic heterocycles. The zero-order chi connectivity index (χ0) is 19.3. The third-order valence-corrected chi connectivity index (χ3v) is 6.04. The Bertz CT molecular complexity index is 1070. The maximum absolute atomic E-state index is 12.9. The highest BCUT2D eigenvalue weighted by Gasteiger charge is 2.12. The van der Waals surface area contributed by atoms with Crippen molar-refractivity contribution in [2.75, 3.05) is 0 Å². The first-order valence-electron chi connectivity index (χ1n) is 8.20. The van der Waals surface area contributed by atoms with Gasteiger partial charge in [-0.2, -0.15) is 0 Å². The molecule has 0 saturated heterocycles.